The van der Waals surface area contributed by atoms with Crippen LogP contribution < -0.4 is 9.47 Å². The fourth-order valence-electron chi connectivity index (χ4n) is 4.65. The number of rotatable bonds is 1. The van der Waals surface area contributed by atoms with E-state index < -0.39 is 6.10 Å². The molecule has 116 valence electrons. The van der Waals surface area contributed by atoms with Crippen molar-refractivity contribution in [1.82, 2.24) is 4.90 Å². The zero-order chi connectivity index (χ0) is 14.8. The Kier molecular flexibility index (Phi) is 2.56. The van der Waals surface area contributed by atoms with E-state index in [9.17, 15) is 5.11 Å². The molecular weight excluding hydrogens is 282 g/mol. The second-order valence-corrected chi connectivity index (χ2v) is 6.56. The van der Waals surface area contributed by atoms with Crippen molar-refractivity contribution in [3.05, 3.63) is 35.1 Å². The Hall–Kier alpha value is -1.72. The van der Waals surface area contributed by atoms with Crippen LogP contribution in [0.15, 0.2) is 24.0 Å². The van der Waals surface area contributed by atoms with E-state index in [1.165, 1.54) is 11.1 Å². The molecule has 0 unspecified atom stereocenters. The Labute approximate surface area is 129 Å². The Morgan fingerprint density at radius 1 is 1.27 bits per heavy atom. The lowest BCUT2D eigenvalue weighted by Crippen LogP contribution is -2.48. The smallest absolute Gasteiger partial charge is 0.231 e. The van der Waals surface area contributed by atoms with Crippen LogP contribution >= 0.6 is 0 Å². The number of aliphatic hydroxyl groups is 1. The monoisotopic (exact) mass is 301 g/mol. The van der Waals surface area contributed by atoms with Gasteiger partial charge in [-0.2, -0.15) is 0 Å². The van der Waals surface area contributed by atoms with Crippen LogP contribution in [0.4, 0.5) is 0 Å². The molecule has 0 radical (unpaired) electrons. The number of nitrogens with zero attached hydrogens (tertiary/aromatic N) is 1. The minimum absolute atomic E-state index is 0.0469. The molecule has 0 spiro atoms. The second-order valence-electron chi connectivity index (χ2n) is 6.56. The summed E-state index contributed by atoms with van der Waals surface area (Å²) in [4.78, 5) is 2.49. The Balaban J connectivity index is 1.67. The highest BCUT2D eigenvalue weighted by Gasteiger charge is 2.50. The Morgan fingerprint density at radius 2 is 2.09 bits per heavy atom. The maximum Gasteiger partial charge on any atom is 0.231 e. The van der Waals surface area contributed by atoms with Crippen LogP contribution in [0.5, 0.6) is 11.5 Å². The van der Waals surface area contributed by atoms with Gasteiger partial charge in [-0.25, -0.2) is 0 Å². The van der Waals surface area contributed by atoms with Gasteiger partial charge >= 0.3 is 0 Å². The average Bonchev–Trinajstić information content (AvgIpc) is 3.14. The van der Waals surface area contributed by atoms with Crippen molar-refractivity contribution < 1.29 is 19.3 Å². The summed E-state index contributed by atoms with van der Waals surface area (Å²) >= 11 is 0. The molecule has 5 nitrogen and oxygen atoms in total. The molecule has 1 aliphatic carbocycles. The third-order valence-corrected chi connectivity index (χ3v) is 5.59. The molecule has 1 N–H and O–H groups in total. The van der Waals surface area contributed by atoms with Gasteiger partial charge in [-0.15, -0.1) is 0 Å². The summed E-state index contributed by atoms with van der Waals surface area (Å²) in [6.45, 7) is 2.27. The highest BCUT2D eigenvalue weighted by Crippen LogP contribution is 2.50. The molecule has 22 heavy (non-hydrogen) atoms. The van der Waals surface area contributed by atoms with Crippen LogP contribution in [0, 0.1) is 5.92 Å². The largest absolute Gasteiger partial charge is 0.499 e. The van der Waals surface area contributed by atoms with Crippen molar-refractivity contribution in [2.45, 2.75) is 31.0 Å². The van der Waals surface area contributed by atoms with E-state index in [-0.39, 0.29) is 12.7 Å². The van der Waals surface area contributed by atoms with E-state index in [2.05, 4.69) is 23.1 Å². The lowest BCUT2D eigenvalue weighted by atomic mass is 9.72. The standard InChI is InChI=1S/C17H19NO4/c1-20-14-4-9-2-3-18-7-10-5-12-13(22-8-21-12)6-11(10)15(16(9)18)17(14)19/h4-6,9,15-17,19H,2-3,7-8H2,1H3/t9-,15-,16-,17+/m1/s1. The van der Waals surface area contributed by atoms with Gasteiger partial charge in [0.15, 0.2) is 11.5 Å². The Bertz CT molecular complexity index is 671. The highest BCUT2D eigenvalue weighted by molar-refractivity contribution is 5.52. The summed E-state index contributed by atoms with van der Waals surface area (Å²) in [5.41, 5.74) is 2.43. The van der Waals surface area contributed by atoms with E-state index in [4.69, 9.17) is 14.2 Å². The minimum atomic E-state index is -0.591. The van der Waals surface area contributed by atoms with Crippen molar-refractivity contribution in [1.29, 1.82) is 0 Å². The first-order valence-corrected chi connectivity index (χ1v) is 7.86. The first-order chi connectivity index (χ1) is 10.8. The molecule has 0 aromatic heterocycles. The van der Waals surface area contributed by atoms with E-state index >= 15 is 0 Å². The van der Waals surface area contributed by atoms with Crippen molar-refractivity contribution >= 4 is 0 Å². The van der Waals surface area contributed by atoms with Crippen LogP contribution in [-0.2, 0) is 11.3 Å². The molecule has 0 bridgehead atoms. The van der Waals surface area contributed by atoms with E-state index in [1.807, 2.05) is 0 Å². The molecule has 0 saturated carbocycles. The molecule has 5 rings (SSSR count). The first-order valence-electron chi connectivity index (χ1n) is 7.86. The Morgan fingerprint density at radius 3 is 2.91 bits per heavy atom. The molecular formula is C17H19NO4. The van der Waals surface area contributed by atoms with Gasteiger partial charge in [0.2, 0.25) is 6.79 Å². The number of fused-ring (bicyclic) bond motifs is 3. The zero-order valence-electron chi connectivity index (χ0n) is 12.5. The number of hydrogen-bond donors (Lipinski definition) is 1. The second kappa shape index (κ2) is 4.40. The molecule has 3 aliphatic heterocycles. The van der Waals surface area contributed by atoms with Crippen LogP contribution in [0.1, 0.15) is 23.5 Å². The normalized spacial score (nSPS) is 34.9. The van der Waals surface area contributed by atoms with E-state index in [1.54, 1.807) is 7.11 Å². The number of aliphatic hydroxyl groups excluding tert-OH is 1. The quantitative estimate of drug-likeness (QED) is 0.854. The van der Waals surface area contributed by atoms with Gasteiger partial charge in [0, 0.05) is 18.5 Å². The van der Waals surface area contributed by atoms with Crippen LogP contribution in [0.2, 0.25) is 0 Å². The van der Waals surface area contributed by atoms with Gasteiger partial charge in [-0.1, -0.05) is 0 Å². The van der Waals surface area contributed by atoms with Crippen LogP contribution in [-0.4, -0.2) is 42.6 Å². The lowest BCUT2D eigenvalue weighted by Gasteiger charge is -2.45. The average molecular weight is 301 g/mol. The van der Waals surface area contributed by atoms with Gasteiger partial charge < -0.3 is 19.3 Å². The number of hydrogen-bond acceptors (Lipinski definition) is 5. The molecule has 4 aliphatic rings. The maximum absolute atomic E-state index is 10.8. The molecule has 1 aromatic carbocycles. The van der Waals surface area contributed by atoms with Crippen molar-refractivity contribution in [3.8, 4) is 11.5 Å². The SMILES string of the molecule is COC1=C[C@H]2CCN3Cc4cc5c(cc4[C@H]([C@@H]23)[C@H]1O)OCO5. The number of benzene rings is 1. The fourth-order valence-corrected chi connectivity index (χ4v) is 4.65. The first kappa shape index (κ1) is 12.8. The van der Waals surface area contributed by atoms with E-state index in [0.29, 0.717) is 17.7 Å². The third kappa shape index (κ3) is 1.55. The van der Waals surface area contributed by atoms with Crippen molar-refractivity contribution in [2.75, 3.05) is 20.4 Å². The summed E-state index contributed by atoms with van der Waals surface area (Å²) < 4.78 is 16.5. The number of methoxy groups -OCH3 is 1. The van der Waals surface area contributed by atoms with Crippen molar-refractivity contribution in [2.24, 2.45) is 5.92 Å². The molecule has 1 saturated heterocycles. The fraction of sp³-hybridized carbons (Fsp3) is 0.529. The summed E-state index contributed by atoms with van der Waals surface area (Å²) in [5, 5.41) is 10.8. The molecule has 1 aromatic rings. The molecule has 3 heterocycles. The van der Waals surface area contributed by atoms with Crippen molar-refractivity contribution in [3.63, 3.8) is 0 Å². The molecule has 1 fully saturated rings. The molecule has 5 heteroatoms. The number of ether oxygens (including phenoxy) is 3. The predicted molar refractivity (Wildman–Crippen MR) is 78.7 cm³/mol. The van der Waals surface area contributed by atoms with Gasteiger partial charge in [0.25, 0.3) is 0 Å². The molecule has 0 amide bonds. The van der Waals surface area contributed by atoms with Crippen LogP contribution in [0.25, 0.3) is 0 Å². The molecule has 4 atom stereocenters. The minimum Gasteiger partial charge on any atom is -0.499 e. The maximum atomic E-state index is 10.8. The van der Waals surface area contributed by atoms with Crippen LogP contribution in [0.3, 0.4) is 0 Å². The lowest BCUT2D eigenvalue weighted by molar-refractivity contribution is 0.0413. The summed E-state index contributed by atoms with van der Waals surface area (Å²) in [7, 11) is 1.64. The summed E-state index contributed by atoms with van der Waals surface area (Å²) in [6, 6.07) is 4.51. The van der Waals surface area contributed by atoms with Gasteiger partial charge in [-0.3, -0.25) is 4.90 Å². The summed E-state index contributed by atoms with van der Waals surface area (Å²) in [6.07, 6.45) is 2.66. The predicted octanol–water partition coefficient (Wildman–Crippen LogP) is 1.61. The van der Waals surface area contributed by atoms with E-state index in [0.717, 1.165) is 31.0 Å². The zero-order valence-corrected chi connectivity index (χ0v) is 12.5. The van der Waals surface area contributed by atoms with Gasteiger partial charge in [-0.05, 0) is 48.2 Å². The van der Waals surface area contributed by atoms with Gasteiger partial charge in [0.1, 0.15) is 11.9 Å². The summed E-state index contributed by atoms with van der Waals surface area (Å²) in [5.74, 6) is 2.83. The third-order valence-electron chi connectivity index (χ3n) is 5.59. The highest BCUT2D eigenvalue weighted by atomic mass is 16.7. The topological polar surface area (TPSA) is 51.2 Å². The van der Waals surface area contributed by atoms with Gasteiger partial charge in [0.05, 0.1) is 7.11 Å².